The average molecular weight is 185 g/mol. The van der Waals surface area contributed by atoms with E-state index in [2.05, 4.69) is 0 Å². The van der Waals surface area contributed by atoms with Crippen molar-refractivity contribution < 1.29 is 14.7 Å². The SMILES string of the molecule is CCC1CC(C(N)=O)C(C(=O)O)C1. The molecule has 3 N–H and O–H groups in total. The third-order valence-corrected chi connectivity index (χ3v) is 2.92. The Kier molecular flexibility index (Phi) is 2.90. The zero-order chi connectivity index (χ0) is 10.0. The van der Waals surface area contributed by atoms with Gasteiger partial charge in [-0.25, -0.2) is 0 Å². The average Bonchev–Trinajstić information content (AvgIpc) is 2.47. The van der Waals surface area contributed by atoms with Crippen molar-refractivity contribution in [3.05, 3.63) is 0 Å². The molecule has 13 heavy (non-hydrogen) atoms. The highest BCUT2D eigenvalue weighted by Gasteiger charge is 2.40. The number of hydrogen-bond acceptors (Lipinski definition) is 2. The molecule has 74 valence electrons. The fraction of sp³-hybridized carbons (Fsp3) is 0.778. The van der Waals surface area contributed by atoms with Gasteiger partial charge in [0.25, 0.3) is 0 Å². The van der Waals surface area contributed by atoms with Crippen LogP contribution in [0.4, 0.5) is 0 Å². The largest absolute Gasteiger partial charge is 0.481 e. The van der Waals surface area contributed by atoms with Crippen LogP contribution < -0.4 is 5.73 Å². The number of rotatable bonds is 3. The second kappa shape index (κ2) is 3.77. The maximum Gasteiger partial charge on any atom is 0.307 e. The van der Waals surface area contributed by atoms with Gasteiger partial charge in [-0.15, -0.1) is 0 Å². The van der Waals surface area contributed by atoms with Crippen molar-refractivity contribution in [1.29, 1.82) is 0 Å². The number of aliphatic carboxylic acids is 1. The maximum atomic E-state index is 10.9. The van der Waals surface area contributed by atoms with Gasteiger partial charge in [-0.1, -0.05) is 13.3 Å². The van der Waals surface area contributed by atoms with Crippen LogP contribution in [0, 0.1) is 17.8 Å². The van der Waals surface area contributed by atoms with Gasteiger partial charge >= 0.3 is 5.97 Å². The third kappa shape index (κ3) is 1.99. The Balaban J connectivity index is 2.71. The van der Waals surface area contributed by atoms with Crippen LogP contribution in [0.25, 0.3) is 0 Å². The molecule has 3 atom stereocenters. The van der Waals surface area contributed by atoms with E-state index in [-0.39, 0.29) is 0 Å². The van der Waals surface area contributed by atoms with Crippen molar-refractivity contribution in [2.24, 2.45) is 23.5 Å². The van der Waals surface area contributed by atoms with Crippen LogP contribution in [-0.2, 0) is 9.59 Å². The number of carboxylic acids is 1. The van der Waals surface area contributed by atoms with Crippen LogP contribution in [0.3, 0.4) is 0 Å². The van der Waals surface area contributed by atoms with Crippen LogP contribution in [0.15, 0.2) is 0 Å². The first-order valence-corrected chi connectivity index (χ1v) is 4.58. The van der Waals surface area contributed by atoms with Gasteiger partial charge in [0.15, 0.2) is 0 Å². The Morgan fingerprint density at radius 3 is 2.23 bits per heavy atom. The number of carbonyl (C=O) groups is 2. The van der Waals surface area contributed by atoms with E-state index in [0.29, 0.717) is 18.8 Å². The number of amides is 1. The van der Waals surface area contributed by atoms with Gasteiger partial charge in [0.05, 0.1) is 11.8 Å². The third-order valence-electron chi connectivity index (χ3n) is 2.92. The molecular weight excluding hydrogens is 170 g/mol. The summed E-state index contributed by atoms with van der Waals surface area (Å²) in [6.45, 7) is 2.01. The van der Waals surface area contributed by atoms with E-state index in [4.69, 9.17) is 10.8 Å². The van der Waals surface area contributed by atoms with Crippen molar-refractivity contribution in [1.82, 2.24) is 0 Å². The van der Waals surface area contributed by atoms with E-state index in [9.17, 15) is 9.59 Å². The molecule has 0 saturated heterocycles. The Morgan fingerprint density at radius 2 is 1.92 bits per heavy atom. The van der Waals surface area contributed by atoms with Crippen LogP contribution in [-0.4, -0.2) is 17.0 Å². The minimum Gasteiger partial charge on any atom is -0.481 e. The molecule has 1 rings (SSSR count). The summed E-state index contributed by atoms with van der Waals surface area (Å²) in [7, 11) is 0. The van der Waals surface area contributed by atoms with Crippen LogP contribution >= 0.6 is 0 Å². The van der Waals surface area contributed by atoms with E-state index in [1.165, 1.54) is 0 Å². The van der Waals surface area contributed by atoms with Gasteiger partial charge in [-0.2, -0.15) is 0 Å². The van der Waals surface area contributed by atoms with E-state index in [0.717, 1.165) is 6.42 Å². The van der Waals surface area contributed by atoms with Crippen LogP contribution in [0.2, 0.25) is 0 Å². The van der Waals surface area contributed by atoms with Gasteiger partial charge in [0.2, 0.25) is 5.91 Å². The number of nitrogens with two attached hydrogens (primary N) is 1. The van der Waals surface area contributed by atoms with Crippen molar-refractivity contribution in [2.45, 2.75) is 26.2 Å². The predicted octanol–water partition coefficient (Wildman–Crippen LogP) is 0.609. The Morgan fingerprint density at radius 1 is 1.38 bits per heavy atom. The first kappa shape index (κ1) is 10.0. The monoisotopic (exact) mass is 185 g/mol. The maximum absolute atomic E-state index is 10.9. The lowest BCUT2D eigenvalue weighted by molar-refractivity contribution is -0.145. The van der Waals surface area contributed by atoms with Crippen molar-refractivity contribution in [3.8, 4) is 0 Å². The van der Waals surface area contributed by atoms with Gasteiger partial charge in [-0.05, 0) is 18.8 Å². The van der Waals surface area contributed by atoms with Gasteiger partial charge < -0.3 is 10.8 Å². The fourth-order valence-corrected chi connectivity index (χ4v) is 2.06. The molecule has 0 bridgehead atoms. The lowest BCUT2D eigenvalue weighted by atomic mass is 9.96. The molecule has 3 unspecified atom stereocenters. The second-order valence-electron chi connectivity index (χ2n) is 3.70. The zero-order valence-electron chi connectivity index (χ0n) is 7.69. The highest BCUT2D eigenvalue weighted by atomic mass is 16.4. The molecule has 0 aliphatic heterocycles. The topological polar surface area (TPSA) is 80.4 Å². The van der Waals surface area contributed by atoms with Gasteiger partial charge in [-0.3, -0.25) is 9.59 Å². The molecular formula is C9H15NO3. The van der Waals surface area contributed by atoms with Crippen LogP contribution in [0.5, 0.6) is 0 Å². The molecule has 0 aromatic heterocycles. The summed E-state index contributed by atoms with van der Waals surface area (Å²) in [6, 6.07) is 0. The normalized spacial score (nSPS) is 33.2. The number of carboxylic acid groups (broad SMARTS) is 1. The molecule has 1 saturated carbocycles. The molecule has 0 radical (unpaired) electrons. The van der Waals surface area contributed by atoms with Crippen LogP contribution in [0.1, 0.15) is 26.2 Å². The molecule has 4 heteroatoms. The molecule has 0 aromatic carbocycles. The Hall–Kier alpha value is -1.06. The van der Waals surface area contributed by atoms with Gasteiger partial charge in [0, 0.05) is 0 Å². The molecule has 0 heterocycles. The van der Waals surface area contributed by atoms with Crippen molar-refractivity contribution >= 4 is 11.9 Å². The van der Waals surface area contributed by atoms with Gasteiger partial charge in [0.1, 0.15) is 0 Å². The second-order valence-corrected chi connectivity index (χ2v) is 3.70. The molecule has 0 aromatic rings. The number of hydrogen-bond donors (Lipinski definition) is 2. The first-order valence-electron chi connectivity index (χ1n) is 4.58. The summed E-state index contributed by atoms with van der Waals surface area (Å²) in [5.74, 6) is -2.02. The molecule has 1 amide bonds. The number of carbonyl (C=O) groups excluding carboxylic acids is 1. The first-order chi connectivity index (χ1) is 6.06. The molecule has 4 nitrogen and oxygen atoms in total. The quantitative estimate of drug-likeness (QED) is 0.676. The summed E-state index contributed by atoms with van der Waals surface area (Å²) in [5.41, 5.74) is 5.14. The predicted molar refractivity (Wildman–Crippen MR) is 46.8 cm³/mol. The summed E-state index contributed by atoms with van der Waals surface area (Å²) in [5, 5.41) is 8.84. The smallest absolute Gasteiger partial charge is 0.307 e. The van der Waals surface area contributed by atoms with E-state index >= 15 is 0 Å². The molecule has 0 spiro atoms. The minimum absolute atomic E-state index is 0.346. The number of primary amides is 1. The lowest BCUT2D eigenvalue weighted by Crippen LogP contribution is -2.30. The lowest BCUT2D eigenvalue weighted by Gasteiger charge is -2.10. The highest BCUT2D eigenvalue weighted by molar-refractivity contribution is 5.84. The van der Waals surface area contributed by atoms with E-state index in [1.807, 2.05) is 6.92 Å². The summed E-state index contributed by atoms with van der Waals surface area (Å²) in [6.07, 6.45) is 2.16. The molecule has 1 aliphatic carbocycles. The Bertz CT molecular complexity index is 205. The minimum atomic E-state index is -0.889. The summed E-state index contributed by atoms with van der Waals surface area (Å²) < 4.78 is 0. The zero-order valence-corrected chi connectivity index (χ0v) is 7.69. The summed E-state index contributed by atoms with van der Waals surface area (Å²) in [4.78, 5) is 21.7. The van der Waals surface area contributed by atoms with Crippen molar-refractivity contribution in [3.63, 3.8) is 0 Å². The highest BCUT2D eigenvalue weighted by Crippen LogP contribution is 2.37. The van der Waals surface area contributed by atoms with Crippen molar-refractivity contribution in [2.75, 3.05) is 0 Å². The molecule has 1 fully saturated rings. The standard InChI is InChI=1S/C9H15NO3/c1-2-5-3-6(8(10)11)7(4-5)9(12)13/h5-7H,2-4H2,1H3,(H2,10,11)(H,12,13). The van der Waals surface area contributed by atoms with E-state index in [1.54, 1.807) is 0 Å². The molecule has 1 aliphatic rings. The Labute approximate surface area is 77.1 Å². The summed E-state index contributed by atoms with van der Waals surface area (Å²) >= 11 is 0. The van der Waals surface area contributed by atoms with E-state index < -0.39 is 23.7 Å². The fourth-order valence-electron chi connectivity index (χ4n) is 2.06.